The summed E-state index contributed by atoms with van der Waals surface area (Å²) in [5.41, 5.74) is 1.22. The highest BCUT2D eigenvalue weighted by atomic mass is 35.5. The molecular weight excluding hydrogens is 386 g/mol. The first-order valence-corrected chi connectivity index (χ1v) is 8.34. The van der Waals surface area contributed by atoms with Crippen LogP contribution in [-0.4, -0.2) is 38.4 Å². The number of esters is 1. The summed E-state index contributed by atoms with van der Waals surface area (Å²) in [6.45, 7) is -0.998. The molecule has 0 heterocycles. The number of benzene rings is 2. The van der Waals surface area contributed by atoms with Gasteiger partial charge in [-0.15, -0.1) is 0 Å². The maximum atomic E-state index is 11.8. The quantitative estimate of drug-likeness (QED) is 0.413. The van der Waals surface area contributed by atoms with Gasteiger partial charge in [0.2, 0.25) is 6.61 Å². The molecule has 0 bridgehead atoms. The molecule has 0 aliphatic rings. The van der Waals surface area contributed by atoms with Crippen molar-refractivity contribution in [1.29, 1.82) is 5.26 Å². The lowest BCUT2D eigenvalue weighted by Gasteiger charge is -2.08. The average molecular weight is 402 g/mol. The topological polar surface area (TPSA) is 110 Å². The van der Waals surface area contributed by atoms with Crippen molar-refractivity contribution in [2.24, 2.45) is 5.16 Å². The number of nitrogens with one attached hydrogen (secondary N) is 1. The Hall–Kier alpha value is -3.57. The Bertz CT molecular complexity index is 907. The van der Waals surface area contributed by atoms with E-state index in [1.165, 1.54) is 24.4 Å². The molecule has 0 spiro atoms. The number of ether oxygens (including phenoxy) is 2. The number of carbonyl (C=O) groups is 2. The van der Waals surface area contributed by atoms with Crippen LogP contribution >= 0.6 is 11.6 Å². The number of oxime groups is 1. The van der Waals surface area contributed by atoms with Gasteiger partial charge in [0.15, 0.2) is 6.61 Å². The number of halogens is 1. The summed E-state index contributed by atoms with van der Waals surface area (Å²) < 4.78 is 9.82. The third-order valence-corrected chi connectivity index (χ3v) is 3.55. The van der Waals surface area contributed by atoms with Gasteiger partial charge in [-0.2, -0.15) is 5.26 Å². The fraction of sp³-hybridized carbons (Fsp3) is 0.158. The number of hydrogen-bond acceptors (Lipinski definition) is 7. The predicted octanol–water partition coefficient (Wildman–Crippen LogP) is 2.75. The van der Waals surface area contributed by atoms with Crippen LogP contribution in [0.4, 0.5) is 5.69 Å². The van der Waals surface area contributed by atoms with E-state index >= 15 is 0 Å². The third-order valence-electron chi connectivity index (χ3n) is 3.31. The number of amides is 1. The van der Waals surface area contributed by atoms with Gasteiger partial charge in [-0.05, 0) is 48.0 Å². The van der Waals surface area contributed by atoms with Crippen molar-refractivity contribution in [3.63, 3.8) is 0 Å². The van der Waals surface area contributed by atoms with E-state index in [-0.39, 0.29) is 11.3 Å². The molecule has 1 N–H and O–H groups in total. The zero-order valence-electron chi connectivity index (χ0n) is 14.8. The molecule has 0 fully saturated rings. The molecule has 28 heavy (non-hydrogen) atoms. The Morgan fingerprint density at radius 3 is 2.64 bits per heavy atom. The molecule has 0 unspecified atom stereocenters. The highest BCUT2D eigenvalue weighted by Crippen LogP contribution is 2.20. The molecule has 144 valence electrons. The van der Waals surface area contributed by atoms with E-state index in [1.54, 1.807) is 31.4 Å². The van der Waals surface area contributed by atoms with Crippen LogP contribution in [0.15, 0.2) is 47.6 Å². The zero-order chi connectivity index (χ0) is 20.4. The second kappa shape index (κ2) is 10.5. The first-order chi connectivity index (χ1) is 13.5. The van der Waals surface area contributed by atoms with Crippen LogP contribution in [0.3, 0.4) is 0 Å². The summed E-state index contributed by atoms with van der Waals surface area (Å²) >= 11 is 5.83. The van der Waals surface area contributed by atoms with Gasteiger partial charge in [-0.1, -0.05) is 16.8 Å². The number of methoxy groups -OCH3 is 1. The van der Waals surface area contributed by atoms with E-state index in [4.69, 9.17) is 31.2 Å². The number of carbonyl (C=O) groups excluding carboxylic acids is 2. The van der Waals surface area contributed by atoms with Gasteiger partial charge < -0.3 is 19.6 Å². The first kappa shape index (κ1) is 20.7. The van der Waals surface area contributed by atoms with Crippen molar-refractivity contribution < 1.29 is 23.9 Å². The highest BCUT2D eigenvalue weighted by Gasteiger charge is 2.11. The Labute approximate surface area is 166 Å². The SMILES string of the molecule is COc1ccc(/C=N\OCC(=O)OCC(=O)Nc2cc(Cl)ccc2C#N)cc1. The van der Waals surface area contributed by atoms with Crippen molar-refractivity contribution >= 4 is 35.4 Å². The van der Waals surface area contributed by atoms with E-state index in [0.29, 0.717) is 10.8 Å². The van der Waals surface area contributed by atoms with Crippen LogP contribution < -0.4 is 10.1 Å². The molecule has 9 heteroatoms. The number of nitriles is 1. The summed E-state index contributed by atoms with van der Waals surface area (Å²) in [5, 5.41) is 15.5. The van der Waals surface area contributed by atoms with Gasteiger partial charge in [0.05, 0.1) is 24.6 Å². The van der Waals surface area contributed by atoms with Crippen LogP contribution in [0.5, 0.6) is 5.75 Å². The van der Waals surface area contributed by atoms with Crippen LogP contribution in [0.25, 0.3) is 0 Å². The van der Waals surface area contributed by atoms with Crippen molar-refractivity contribution in [2.45, 2.75) is 0 Å². The van der Waals surface area contributed by atoms with Gasteiger partial charge in [0.1, 0.15) is 11.8 Å². The molecule has 0 atom stereocenters. The third kappa shape index (κ3) is 6.63. The van der Waals surface area contributed by atoms with E-state index < -0.39 is 25.1 Å². The van der Waals surface area contributed by atoms with Gasteiger partial charge >= 0.3 is 5.97 Å². The fourth-order valence-corrected chi connectivity index (χ4v) is 2.14. The number of anilines is 1. The van der Waals surface area contributed by atoms with E-state index in [9.17, 15) is 9.59 Å². The van der Waals surface area contributed by atoms with E-state index in [0.717, 1.165) is 5.56 Å². The number of rotatable bonds is 8. The Morgan fingerprint density at radius 2 is 1.96 bits per heavy atom. The Morgan fingerprint density at radius 1 is 1.21 bits per heavy atom. The lowest BCUT2D eigenvalue weighted by Crippen LogP contribution is -2.22. The molecule has 2 aromatic carbocycles. The van der Waals surface area contributed by atoms with Gasteiger partial charge in [0.25, 0.3) is 5.91 Å². The minimum absolute atomic E-state index is 0.233. The number of hydrogen-bond donors (Lipinski definition) is 1. The molecule has 2 rings (SSSR count). The maximum Gasteiger partial charge on any atom is 0.347 e. The molecule has 0 saturated carbocycles. The van der Waals surface area contributed by atoms with Crippen LogP contribution in [0.2, 0.25) is 5.02 Å². The molecule has 2 aromatic rings. The monoisotopic (exact) mass is 401 g/mol. The minimum atomic E-state index is -0.770. The predicted molar refractivity (Wildman–Crippen MR) is 102 cm³/mol. The standard InChI is InChI=1S/C19H16ClN3O5/c1-26-16-6-2-13(3-7-16)10-22-28-12-19(25)27-11-18(24)23-17-8-15(20)5-4-14(17)9-21/h2-8,10H,11-12H2,1H3,(H,23,24)/b22-10-. The van der Waals surface area contributed by atoms with E-state index in [1.807, 2.05) is 6.07 Å². The van der Waals surface area contributed by atoms with Crippen LogP contribution in [0, 0.1) is 11.3 Å². The second-order valence-corrected chi connectivity index (χ2v) is 5.73. The second-order valence-electron chi connectivity index (χ2n) is 5.29. The van der Waals surface area contributed by atoms with Crippen LogP contribution in [0.1, 0.15) is 11.1 Å². The molecular formula is C19H16ClN3O5. The fourth-order valence-electron chi connectivity index (χ4n) is 1.97. The molecule has 0 aromatic heterocycles. The summed E-state index contributed by atoms with van der Waals surface area (Å²) in [4.78, 5) is 28.3. The lowest BCUT2D eigenvalue weighted by atomic mass is 10.2. The van der Waals surface area contributed by atoms with Crippen molar-refractivity contribution in [3.05, 3.63) is 58.6 Å². The molecule has 8 nitrogen and oxygen atoms in total. The highest BCUT2D eigenvalue weighted by molar-refractivity contribution is 6.31. The van der Waals surface area contributed by atoms with Crippen molar-refractivity contribution in [3.8, 4) is 11.8 Å². The molecule has 0 aliphatic carbocycles. The summed E-state index contributed by atoms with van der Waals surface area (Å²) in [6, 6.07) is 13.4. The van der Waals surface area contributed by atoms with Crippen molar-refractivity contribution in [2.75, 3.05) is 25.6 Å². The van der Waals surface area contributed by atoms with E-state index in [2.05, 4.69) is 10.5 Å². The normalized spacial score (nSPS) is 10.2. The molecule has 1 amide bonds. The molecule has 0 saturated heterocycles. The smallest absolute Gasteiger partial charge is 0.347 e. The molecule has 0 radical (unpaired) electrons. The van der Waals surface area contributed by atoms with Gasteiger partial charge in [-0.25, -0.2) is 4.79 Å². The summed E-state index contributed by atoms with van der Waals surface area (Å²) in [6.07, 6.45) is 1.42. The summed E-state index contributed by atoms with van der Waals surface area (Å²) in [5.74, 6) is -0.679. The Balaban J connectivity index is 1.73. The molecule has 0 aliphatic heterocycles. The van der Waals surface area contributed by atoms with Crippen molar-refractivity contribution in [1.82, 2.24) is 0 Å². The largest absolute Gasteiger partial charge is 0.497 e. The first-order valence-electron chi connectivity index (χ1n) is 7.96. The summed E-state index contributed by atoms with van der Waals surface area (Å²) in [7, 11) is 1.56. The average Bonchev–Trinajstić information content (AvgIpc) is 2.70. The maximum absolute atomic E-state index is 11.8. The lowest BCUT2D eigenvalue weighted by molar-refractivity contribution is -0.151. The van der Waals surface area contributed by atoms with Crippen LogP contribution in [-0.2, 0) is 19.2 Å². The zero-order valence-corrected chi connectivity index (χ0v) is 15.6. The van der Waals surface area contributed by atoms with Gasteiger partial charge in [0, 0.05) is 5.02 Å². The van der Waals surface area contributed by atoms with Gasteiger partial charge in [-0.3, -0.25) is 4.79 Å². The number of nitrogens with zero attached hydrogens (tertiary/aromatic N) is 2. The minimum Gasteiger partial charge on any atom is -0.497 e. The Kier molecular flexibility index (Phi) is 7.81.